The van der Waals surface area contributed by atoms with Crippen molar-refractivity contribution in [2.45, 2.75) is 24.3 Å². The molecule has 12 heteroatoms. The van der Waals surface area contributed by atoms with E-state index in [1.165, 1.54) is 17.0 Å². The van der Waals surface area contributed by atoms with Gasteiger partial charge in [0.1, 0.15) is 16.4 Å². The zero-order valence-electron chi connectivity index (χ0n) is 15.0. The van der Waals surface area contributed by atoms with Gasteiger partial charge in [0.05, 0.1) is 5.69 Å². The van der Waals surface area contributed by atoms with Gasteiger partial charge >= 0.3 is 6.36 Å². The average Bonchev–Trinajstić information content (AvgIpc) is 2.60. The fourth-order valence-electron chi connectivity index (χ4n) is 2.65. The highest BCUT2D eigenvalue weighted by molar-refractivity contribution is 9.10. The molecule has 7 nitrogen and oxygen atoms in total. The van der Waals surface area contributed by atoms with Crippen molar-refractivity contribution in [1.29, 1.82) is 0 Å². The zero-order valence-corrected chi connectivity index (χ0v) is 17.4. The minimum absolute atomic E-state index is 0.0331. The molecule has 0 bridgehead atoms. The van der Waals surface area contributed by atoms with Crippen LogP contribution in [0.4, 0.5) is 24.5 Å². The van der Waals surface area contributed by atoms with Crippen molar-refractivity contribution in [1.82, 2.24) is 0 Å². The van der Waals surface area contributed by atoms with Gasteiger partial charge in [0, 0.05) is 23.3 Å². The van der Waals surface area contributed by atoms with Gasteiger partial charge in [-0.05, 0) is 53.2 Å². The molecule has 0 saturated heterocycles. The lowest BCUT2D eigenvalue weighted by atomic mass is 10.2. The normalized spacial score (nSPS) is 16.8. The molecule has 0 saturated carbocycles. The van der Waals surface area contributed by atoms with E-state index in [1.54, 1.807) is 14.0 Å². The topological polar surface area (TPSA) is 84.9 Å². The lowest BCUT2D eigenvalue weighted by molar-refractivity contribution is -0.274. The van der Waals surface area contributed by atoms with Crippen LogP contribution >= 0.6 is 15.9 Å². The van der Waals surface area contributed by atoms with E-state index in [0.717, 1.165) is 24.3 Å². The molecule has 0 fully saturated rings. The van der Waals surface area contributed by atoms with Gasteiger partial charge in [-0.15, -0.1) is 13.2 Å². The fourth-order valence-corrected chi connectivity index (χ4v) is 4.76. The molecule has 1 atom stereocenters. The van der Waals surface area contributed by atoms with Crippen molar-refractivity contribution in [3.63, 3.8) is 0 Å². The molecule has 1 N–H and O–H groups in total. The van der Waals surface area contributed by atoms with Crippen LogP contribution in [0.5, 0.6) is 11.5 Å². The molecule has 0 radical (unpaired) electrons. The number of alkyl halides is 3. The predicted octanol–water partition coefficient (Wildman–Crippen LogP) is 3.89. The Hall–Kier alpha value is -2.47. The number of benzene rings is 2. The van der Waals surface area contributed by atoms with Crippen molar-refractivity contribution in [3.05, 3.63) is 40.9 Å². The summed E-state index contributed by atoms with van der Waals surface area (Å²) in [5, 5.41) is 0. The van der Waals surface area contributed by atoms with Gasteiger partial charge in [-0.3, -0.25) is 9.52 Å². The third-order valence-electron chi connectivity index (χ3n) is 3.99. The number of nitrogens with one attached hydrogen (secondary N) is 1. The smallest absolute Gasteiger partial charge is 0.479 e. The summed E-state index contributed by atoms with van der Waals surface area (Å²) < 4.78 is 73.9. The van der Waals surface area contributed by atoms with Crippen LogP contribution in [0.15, 0.2) is 45.8 Å². The van der Waals surface area contributed by atoms with Gasteiger partial charge in [0.2, 0.25) is 0 Å². The third kappa shape index (κ3) is 4.58. The van der Waals surface area contributed by atoms with Crippen LogP contribution in [0.2, 0.25) is 0 Å². The van der Waals surface area contributed by atoms with Crippen LogP contribution in [0.25, 0.3) is 0 Å². The van der Waals surface area contributed by atoms with E-state index < -0.39 is 28.2 Å². The summed E-state index contributed by atoms with van der Waals surface area (Å²) in [6.45, 7) is 1.54. The second-order valence-corrected chi connectivity index (χ2v) is 8.59. The van der Waals surface area contributed by atoms with Gasteiger partial charge in [0.15, 0.2) is 6.10 Å². The van der Waals surface area contributed by atoms with E-state index in [2.05, 4.69) is 25.4 Å². The van der Waals surface area contributed by atoms with Crippen molar-refractivity contribution in [3.8, 4) is 11.5 Å². The van der Waals surface area contributed by atoms with E-state index in [1.807, 2.05) is 0 Å². The molecule has 1 heterocycles. The van der Waals surface area contributed by atoms with Gasteiger partial charge in [0.25, 0.3) is 15.9 Å². The molecule has 1 aliphatic rings. The Bertz CT molecular complexity index is 1060. The molecule has 29 heavy (non-hydrogen) atoms. The minimum atomic E-state index is -4.85. The average molecular weight is 495 g/mol. The summed E-state index contributed by atoms with van der Waals surface area (Å²) in [7, 11) is -2.57. The SMILES string of the molecule is CC1Oc2cc(S(=O)(=O)Nc3ccc(OC(F)(F)F)cc3)c(Br)cc2N(C)C1=O. The highest BCUT2D eigenvalue weighted by Gasteiger charge is 2.32. The first-order valence-electron chi connectivity index (χ1n) is 8.04. The quantitative estimate of drug-likeness (QED) is 0.696. The Morgan fingerprint density at radius 2 is 1.83 bits per heavy atom. The summed E-state index contributed by atoms with van der Waals surface area (Å²) in [5.74, 6) is -0.554. The van der Waals surface area contributed by atoms with Crippen LogP contribution in [-0.4, -0.2) is 33.8 Å². The maximum absolute atomic E-state index is 12.8. The Morgan fingerprint density at radius 1 is 1.21 bits per heavy atom. The lowest BCUT2D eigenvalue weighted by Gasteiger charge is -2.30. The molecule has 1 unspecified atom stereocenters. The highest BCUT2D eigenvalue weighted by atomic mass is 79.9. The Kier molecular flexibility index (Phi) is 5.43. The molecule has 2 aromatic rings. The molecule has 3 rings (SSSR count). The third-order valence-corrected chi connectivity index (χ3v) is 6.33. The monoisotopic (exact) mass is 494 g/mol. The highest BCUT2D eigenvalue weighted by Crippen LogP contribution is 2.39. The summed E-state index contributed by atoms with van der Waals surface area (Å²) >= 11 is 3.17. The van der Waals surface area contributed by atoms with Crippen LogP contribution in [-0.2, 0) is 14.8 Å². The van der Waals surface area contributed by atoms with E-state index >= 15 is 0 Å². The van der Waals surface area contributed by atoms with Crippen LogP contribution in [0.1, 0.15) is 6.92 Å². The summed E-state index contributed by atoms with van der Waals surface area (Å²) in [6.07, 6.45) is -5.63. The first kappa shape index (κ1) is 21.2. The number of halogens is 4. The molecular formula is C17H14BrF3N2O5S. The molecule has 0 spiro atoms. The number of amides is 1. The van der Waals surface area contributed by atoms with E-state index in [9.17, 15) is 26.4 Å². The van der Waals surface area contributed by atoms with Gasteiger partial charge in [-0.2, -0.15) is 0 Å². The molecule has 1 amide bonds. The van der Waals surface area contributed by atoms with Crippen molar-refractivity contribution >= 4 is 43.2 Å². The molecule has 0 aromatic heterocycles. The summed E-state index contributed by atoms with van der Waals surface area (Å²) in [6, 6.07) is 6.94. The van der Waals surface area contributed by atoms with E-state index in [-0.39, 0.29) is 26.7 Å². The van der Waals surface area contributed by atoms with E-state index in [4.69, 9.17) is 4.74 Å². The Labute approximate surface area is 172 Å². The Balaban J connectivity index is 1.88. The number of carbonyl (C=O) groups excluding carboxylic acids is 1. The summed E-state index contributed by atoms with van der Waals surface area (Å²) in [5.41, 5.74) is 0.429. The maximum atomic E-state index is 12.8. The van der Waals surface area contributed by atoms with Crippen LogP contribution in [0.3, 0.4) is 0 Å². The molecule has 156 valence electrons. The van der Waals surface area contributed by atoms with Crippen molar-refractivity contribution < 1.29 is 35.9 Å². The lowest BCUT2D eigenvalue weighted by Crippen LogP contribution is -2.42. The first-order chi connectivity index (χ1) is 13.4. The predicted molar refractivity (Wildman–Crippen MR) is 102 cm³/mol. The number of carbonyl (C=O) groups is 1. The zero-order chi connectivity index (χ0) is 21.6. The number of fused-ring (bicyclic) bond motifs is 1. The number of hydrogen-bond donors (Lipinski definition) is 1. The number of nitrogens with zero attached hydrogens (tertiary/aromatic N) is 1. The summed E-state index contributed by atoms with van der Waals surface area (Å²) in [4.78, 5) is 13.2. The van der Waals surface area contributed by atoms with Gasteiger partial charge in [-0.25, -0.2) is 8.42 Å². The number of anilines is 2. The second-order valence-electron chi connectivity index (χ2n) is 6.09. The fraction of sp³-hybridized carbons (Fsp3) is 0.235. The molecular weight excluding hydrogens is 481 g/mol. The minimum Gasteiger partial charge on any atom is -0.479 e. The van der Waals surface area contributed by atoms with Crippen LogP contribution in [0, 0.1) is 0 Å². The standard InChI is InChI=1S/C17H14BrF3N2O5S/c1-9-16(24)23(2)13-7-12(18)15(8-14(13)27-9)29(25,26)22-10-3-5-11(6-4-10)28-17(19,20)21/h3-9,22H,1-2H3. The largest absolute Gasteiger partial charge is 0.573 e. The molecule has 2 aromatic carbocycles. The number of sulfonamides is 1. The Morgan fingerprint density at radius 3 is 2.41 bits per heavy atom. The van der Waals surface area contributed by atoms with Gasteiger partial charge in [-0.1, -0.05) is 0 Å². The van der Waals surface area contributed by atoms with Crippen molar-refractivity contribution in [2.24, 2.45) is 0 Å². The van der Waals surface area contributed by atoms with E-state index in [0.29, 0.717) is 5.69 Å². The van der Waals surface area contributed by atoms with Gasteiger partial charge < -0.3 is 14.4 Å². The number of ether oxygens (including phenoxy) is 2. The number of likely N-dealkylation sites (N-methyl/N-ethyl adjacent to an activating group) is 1. The molecule has 0 aliphatic carbocycles. The van der Waals surface area contributed by atoms with Crippen molar-refractivity contribution in [2.75, 3.05) is 16.7 Å². The molecule has 1 aliphatic heterocycles. The van der Waals surface area contributed by atoms with Crippen LogP contribution < -0.4 is 19.1 Å². The second kappa shape index (κ2) is 7.41. The number of rotatable bonds is 4. The first-order valence-corrected chi connectivity index (χ1v) is 10.3. The maximum Gasteiger partial charge on any atom is 0.573 e. The number of hydrogen-bond acceptors (Lipinski definition) is 5.